The first-order valence-electron chi connectivity index (χ1n) is 8.12. The van der Waals surface area contributed by atoms with Gasteiger partial charge in [-0.15, -0.1) is 0 Å². The van der Waals surface area contributed by atoms with E-state index in [4.69, 9.17) is 21.7 Å². The number of thiocarbonyl (C=S) groups is 1. The van der Waals surface area contributed by atoms with Crippen LogP contribution in [0.1, 0.15) is 15.9 Å². The van der Waals surface area contributed by atoms with Crippen molar-refractivity contribution in [1.82, 2.24) is 10.7 Å². The Bertz CT molecular complexity index is 871. The second kappa shape index (κ2) is 10.7. The van der Waals surface area contributed by atoms with Gasteiger partial charge in [-0.3, -0.25) is 15.5 Å². The van der Waals surface area contributed by atoms with Gasteiger partial charge in [-0.1, -0.05) is 6.07 Å². The van der Waals surface area contributed by atoms with Gasteiger partial charge >= 0.3 is 5.97 Å². The van der Waals surface area contributed by atoms with Crippen molar-refractivity contribution in [1.29, 1.82) is 0 Å². The molecule has 10 heteroatoms. The van der Waals surface area contributed by atoms with E-state index in [1.807, 2.05) is 0 Å². The summed E-state index contributed by atoms with van der Waals surface area (Å²) in [4.78, 5) is 22.3. The molecule has 0 aliphatic heterocycles. The molecule has 0 fully saturated rings. The largest absolute Gasteiger partial charge is 0.423 e. The van der Waals surface area contributed by atoms with Crippen LogP contribution in [-0.2, 0) is 4.74 Å². The lowest BCUT2D eigenvalue weighted by Gasteiger charge is -2.06. The molecule has 2 rings (SSSR count). The van der Waals surface area contributed by atoms with Gasteiger partial charge in [0, 0.05) is 25.8 Å². The van der Waals surface area contributed by atoms with Crippen LogP contribution in [0.4, 0.5) is 5.69 Å². The fourth-order valence-electron chi connectivity index (χ4n) is 2.01. The number of nitro benzene ring substituents is 1. The smallest absolute Gasteiger partial charge is 0.343 e. The maximum absolute atomic E-state index is 12.1. The van der Waals surface area contributed by atoms with Gasteiger partial charge in [-0.2, -0.15) is 5.10 Å². The lowest BCUT2D eigenvalue weighted by molar-refractivity contribution is -0.384. The van der Waals surface area contributed by atoms with Crippen LogP contribution in [0.5, 0.6) is 5.75 Å². The minimum atomic E-state index is -0.681. The van der Waals surface area contributed by atoms with Gasteiger partial charge in [0.2, 0.25) is 0 Å². The molecule has 2 aromatic carbocycles. The van der Waals surface area contributed by atoms with Gasteiger partial charge in [0.05, 0.1) is 23.3 Å². The lowest BCUT2D eigenvalue weighted by atomic mass is 10.2. The first-order valence-corrected chi connectivity index (χ1v) is 8.53. The molecule has 2 N–H and O–H groups in total. The molecule has 0 atom stereocenters. The molecule has 0 aliphatic carbocycles. The van der Waals surface area contributed by atoms with E-state index in [2.05, 4.69) is 15.8 Å². The van der Waals surface area contributed by atoms with Gasteiger partial charge in [0.1, 0.15) is 5.75 Å². The molecule has 0 aliphatic rings. The second-order valence-corrected chi connectivity index (χ2v) is 5.79. The summed E-state index contributed by atoms with van der Waals surface area (Å²) < 4.78 is 10.1. The molecular weight excluding hydrogens is 384 g/mol. The van der Waals surface area contributed by atoms with E-state index in [1.54, 1.807) is 37.6 Å². The van der Waals surface area contributed by atoms with Crippen molar-refractivity contribution in [2.24, 2.45) is 5.10 Å². The Labute approximate surface area is 166 Å². The highest BCUT2D eigenvalue weighted by atomic mass is 32.1. The van der Waals surface area contributed by atoms with Crippen LogP contribution >= 0.6 is 12.2 Å². The average Bonchev–Trinajstić information content (AvgIpc) is 2.69. The van der Waals surface area contributed by atoms with E-state index in [0.717, 1.165) is 5.56 Å². The quantitative estimate of drug-likeness (QED) is 0.131. The number of hydrazone groups is 1. The number of ether oxygens (including phenoxy) is 2. The fraction of sp³-hybridized carbons (Fsp3) is 0.167. The molecule has 0 radical (unpaired) electrons. The predicted octanol–water partition coefficient (Wildman–Crippen LogP) is 2.26. The number of rotatable bonds is 8. The summed E-state index contributed by atoms with van der Waals surface area (Å²) in [6.07, 6.45) is 1.55. The van der Waals surface area contributed by atoms with Crippen LogP contribution in [0.3, 0.4) is 0 Å². The Balaban J connectivity index is 1.89. The normalized spacial score (nSPS) is 10.5. The number of nitrogens with one attached hydrogen (secondary N) is 2. The van der Waals surface area contributed by atoms with Crippen LogP contribution in [0.25, 0.3) is 0 Å². The Morgan fingerprint density at radius 2 is 2.04 bits per heavy atom. The van der Waals surface area contributed by atoms with Crippen LogP contribution < -0.4 is 15.5 Å². The SMILES string of the molecule is COCCNC(=S)N/N=C\c1ccc(OC(=O)c2cccc([N+](=O)[O-])c2)cc1. The number of carbonyl (C=O) groups is 1. The number of hydrogen-bond donors (Lipinski definition) is 2. The number of hydrogen-bond acceptors (Lipinski definition) is 7. The molecule has 0 saturated carbocycles. The summed E-state index contributed by atoms with van der Waals surface area (Å²) in [6.45, 7) is 1.10. The topological polar surface area (TPSA) is 115 Å². The summed E-state index contributed by atoms with van der Waals surface area (Å²) in [5.41, 5.74) is 3.34. The Hall–Kier alpha value is -3.37. The van der Waals surface area contributed by atoms with E-state index < -0.39 is 10.9 Å². The first-order chi connectivity index (χ1) is 13.5. The molecule has 0 unspecified atom stereocenters. The number of carbonyl (C=O) groups excluding carboxylic acids is 1. The molecule has 0 spiro atoms. The molecule has 0 heterocycles. The third-order valence-electron chi connectivity index (χ3n) is 3.35. The van der Waals surface area contributed by atoms with Gasteiger partial charge in [0.25, 0.3) is 5.69 Å². The van der Waals surface area contributed by atoms with E-state index in [9.17, 15) is 14.9 Å². The zero-order valence-electron chi connectivity index (χ0n) is 15.0. The molecular formula is C18H18N4O5S. The maximum Gasteiger partial charge on any atom is 0.343 e. The minimum absolute atomic E-state index is 0.0959. The molecule has 0 bridgehead atoms. The zero-order chi connectivity index (χ0) is 20.4. The number of methoxy groups -OCH3 is 1. The average molecular weight is 402 g/mol. The Kier molecular flexibility index (Phi) is 8.00. The standard InChI is InChI=1S/C18H18N4O5S/c1-26-10-9-19-18(28)21-20-12-13-5-7-16(8-6-13)27-17(23)14-3-2-4-15(11-14)22(24)25/h2-8,11-12H,9-10H2,1H3,(H2,19,21,28)/b20-12-. The van der Waals surface area contributed by atoms with Gasteiger partial charge in [0.15, 0.2) is 5.11 Å². The van der Waals surface area contributed by atoms with Crippen LogP contribution in [0.2, 0.25) is 0 Å². The maximum atomic E-state index is 12.1. The number of non-ortho nitro benzene ring substituents is 1. The highest BCUT2D eigenvalue weighted by Gasteiger charge is 2.13. The molecule has 0 amide bonds. The van der Waals surface area contributed by atoms with Crippen LogP contribution in [0.15, 0.2) is 53.6 Å². The van der Waals surface area contributed by atoms with Gasteiger partial charge in [-0.25, -0.2) is 4.79 Å². The van der Waals surface area contributed by atoms with E-state index in [1.165, 1.54) is 24.3 Å². The number of nitro groups is 1. The van der Waals surface area contributed by atoms with Crippen molar-refractivity contribution in [2.75, 3.05) is 20.3 Å². The predicted molar refractivity (Wildman–Crippen MR) is 108 cm³/mol. The molecule has 28 heavy (non-hydrogen) atoms. The van der Waals surface area contributed by atoms with Crippen molar-refractivity contribution in [3.05, 3.63) is 69.8 Å². The molecule has 9 nitrogen and oxygen atoms in total. The minimum Gasteiger partial charge on any atom is -0.423 e. The Morgan fingerprint density at radius 1 is 1.29 bits per heavy atom. The van der Waals surface area contributed by atoms with Crippen LogP contribution in [0, 0.1) is 10.1 Å². The highest BCUT2D eigenvalue weighted by molar-refractivity contribution is 7.80. The highest BCUT2D eigenvalue weighted by Crippen LogP contribution is 2.17. The van der Waals surface area contributed by atoms with Crippen molar-refractivity contribution in [3.63, 3.8) is 0 Å². The van der Waals surface area contributed by atoms with E-state index in [0.29, 0.717) is 24.0 Å². The zero-order valence-corrected chi connectivity index (χ0v) is 15.8. The number of nitrogens with zero attached hydrogens (tertiary/aromatic N) is 2. The van der Waals surface area contributed by atoms with Crippen molar-refractivity contribution < 1.29 is 19.2 Å². The third kappa shape index (κ3) is 6.74. The Morgan fingerprint density at radius 3 is 2.71 bits per heavy atom. The van der Waals surface area contributed by atoms with Crippen molar-refractivity contribution in [3.8, 4) is 5.75 Å². The van der Waals surface area contributed by atoms with Crippen molar-refractivity contribution in [2.45, 2.75) is 0 Å². The van der Waals surface area contributed by atoms with Crippen molar-refractivity contribution >= 4 is 35.2 Å². The second-order valence-electron chi connectivity index (χ2n) is 5.38. The lowest BCUT2D eigenvalue weighted by Crippen LogP contribution is -2.34. The summed E-state index contributed by atoms with van der Waals surface area (Å²) in [6, 6.07) is 11.9. The number of benzene rings is 2. The summed E-state index contributed by atoms with van der Waals surface area (Å²) >= 11 is 5.03. The summed E-state index contributed by atoms with van der Waals surface area (Å²) in [7, 11) is 1.60. The fourth-order valence-corrected chi connectivity index (χ4v) is 2.16. The monoisotopic (exact) mass is 402 g/mol. The van der Waals surface area contributed by atoms with Gasteiger partial charge in [-0.05, 0) is 48.1 Å². The van der Waals surface area contributed by atoms with Gasteiger partial charge < -0.3 is 14.8 Å². The van der Waals surface area contributed by atoms with Crippen LogP contribution in [-0.4, -0.2) is 42.5 Å². The van der Waals surface area contributed by atoms with E-state index in [-0.39, 0.29) is 11.3 Å². The third-order valence-corrected chi connectivity index (χ3v) is 3.59. The molecule has 0 aromatic heterocycles. The summed E-state index contributed by atoms with van der Waals surface area (Å²) in [5, 5.41) is 18.1. The van der Waals surface area contributed by atoms with E-state index >= 15 is 0 Å². The summed E-state index contributed by atoms with van der Waals surface area (Å²) in [5.74, 6) is -0.377. The molecule has 2 aromatic rings. The first kappa shape index (κ1) is 20.9. The molecule has 146 valence electrons. The number of esters is 1. The molecule has 0 saturated heterocycles.